The van der Waals surface area contributed by atoms with Gasteiger partial charge in [0.2, 0.25) is 0 Å². The summed E-state index contributed by atoms with van der Waals surface area (Å²) in [5.41, 5.74) is 10.6. The maximum Gasteiger partial charge on any atom is 0.194 e. The van der Waals surface area contributed by atoms with Crippen LogP contribution in [0.15, 0.2) is 78.9 Å². The fourth-order valence-electron chi connectivity index (χ4n) is 3.65. The number of hydrogen-bond acceptors (Lipinski definition) is 1. The van der Waals surface area contributed by atoms with Crippen molar-refractivity contribution in [3.8, 4) is 33.4 Å². The van der Waals surface area contributed by atoms with Gasteiger partial charge in [-0.1, -0.05) is 67.6 Å². The second kappa shape index (κ2) is 8.97. The Hall–Kier alpha value is -3.44. The third kappa shape index (κ3) is 4.30. The number of halogens is 4. The Morgan fingerprint density at radius 1 is 0.594 bits per heavy atom. The maximum atomic E-state index is 14.7. The van der Waals surface area contributed by atoms with Crippen molar-refractivity contribution in [2.45, 2.75) is 19.4 Å². The van der Waals surface area contributed by atoms with Crippen molar-refractivity contribution in [2.75, 3.05) is 0 Å². The average Bonchev–Trinajstić information content (AvgIpc) is 2.82. The van der Waals surface area contributed by atoms with E-state index in [0.717, 1.165) is 40.8 Å². The predicted octanol–water partition coefficient (Wildman–Crippen LogP) is 7.65. The number of benzene rings is 4. The smallest absolute Gasteiger partial charge is 0.194 e. The lowest BCUT2D eigenvalue weighted by Gasteiger charge is -2.11. The largest absolute Gasteiger partial charge is 0.324 e. The Kier molecular flexibility index (Phi) is 6.10. The van der Waals surface area contributed by atoms with Gasteiger partial charge in [-0.3, -0.25) is 0 Å². The highest BCUT2D eigenvalue weighted by Gasteiger charge is 2.15. The maximum absolute atomic E-state index is 14.7. The normalized spacial score (nSPS) is 12.1. The zero-order chi connectivity index (χ0) is 22.8. The van der Waals surface area contributed by atoms with Crippen LogP contribution in [0.1, 0.15) is 24.9 Å². The van der Waals surface area contributed by atoms with Crippen molar-refractivity contribution < 1.29 is 17.6 Å². The van der Waals surface area contributed by atoms with Crippen LogP contribution in [-0.2, 0) is 0 Å². The van der Waals surface area contributed by atoms with Gasteiger partial charge in [-0.25, -0.2) is 17.6 Å². The zero-order valence-electron chi connectivity index (χ0n) is 17.4. The van der Waals surface area contributed by atoms with Gasteiger partial charge in [-0.15, -0.1) is 0 Å². The fraction of sp³-hybridized carbons (Fsp3) is 0.111. The first kappa shape index (κ1) is 21.8. The summed E-state index contributed by atoms with van der Waals surface area (Å²) in [5.74, 6) is -4.94. The van der Waals surface area contributed by atoms with Gasteiger partial charge in [0.15, 0.2) is 17.5 Å². The Morgan fingerprint density at radius 2 is 1.03 bits per heavy atom. The lowest BCUT2D eigenvalue weighted by Crippen LogP contribution is -2.07. The van der Waals surface area contributed by atoms with Crippen molar-refractivity contribution in [3.05, 3.63) is 108 Å². The van der Waals surface area contributed by atoms with E-state index in [0.29, 0.717) is 5.56 Å². The highest BCUT2D eigenvalue weighted by atomic mass is 19.2. The highest BCUT2D eigenvalue weighted by molar-refractivity contribution is 5.73. The third-order valence-corrected chi connectivity index (χ3v) is 5.59. The molecule has 0 aromatic heterocycles. The van der Waals surface area contributed by atoms with Crippen LogP contribution >= 0.6 is 0 Å². The number of hydrogen-bond donors (Lipinski definition) is 1. The van der Waals surface area contributed by atoms with Crippen LogP contribution in [0.2, 0.25) is 0 Å². The summed E-state index contributed by atoms with van der Waals surface area (Å²) in [4.78, 5) is 0. The second-order valence-electron chi connectivity index (χ2n) is 7.66. The Labute approximate surface area is 184 Å². The van der Waals surface area contributed by atoms with E-state index in [1.807, 2.05) is 55.5 Å². The van der Waals surface area contributed by atoms with E-state index >= 15 is 0 Å². The molecular formula is C27H21F4N. The predicted molar refractivity (Wildman–Crippen MR) is 120 cm³/mol. The topological polar surface area (TPSA) is 26.0 Å². The SMILES string of the molecule is CCC(N)c1ccc(-c2ccc(-c3ccc(-c4cc(F)c(F)c(F)c4)c(F)c3)cc2)cc1. The quantitative estimate of drug-likeness (QED) is 0.253. The van der Waals surface area contributed by atoms with Gasteiger partial charge < -0.3 is 5.73 Å². The van der Waals surface area contributed by atoms with Gasteiger partial charge >= 0.3 is 0 Å². The molecule has 0 saturated carbocycles. The van der Waals surface area contributed by atoms with Crippen LogP contribution in [-0.4, -0.2) is 0 Å². The van der Waals surface area contributed by atoms with Crippen LogP contribution < -0.4 is 5.73 Å². The standard InChI is InChI=1S/C27H21F4N/c1-2-26(32)19-9-7-17(8-10-19)16-3-5-18(6-4-16)20-11-12-22(23(28)13-20)21-14-24(29)27(31)25(30)15-21/h3-15,26H,2,32H2,1H3. The van der Waals surface area contributed by atoms with Crippen LogP contribution in [0.4, 0.5) is 17.6 Å². The van der Waals surface area contributed by atoms with Crippen LogP contribution in [0.3, 0.4) is 0 Å². The molecule has 4 aromatic rings. The Morgan fingerprint density at radius 3 is 1.53 bits per heavy atom. The first-order valence-corrected chi connectivity index (χ1v) is 10.3. The minimum absolute atomic E-state index is 0.00597. The Bertz CT molecular complexity index is 1220. The fourth-order valence-corrected chi connectivity index (χ4v) is 3.65. The minimum atomic E-state index is -1.58. The minimum Gasteiger partial charge on any atom is -0.324 e. The summed E-state index contributed by atoms with van der Waals surface area (Å²) in [6.45, 7) is 2.04. The van der Waals surface area contributed by atoms with E-state index < -0.39 is 23.3 Å². The summed E-state index contributed by atoms with van der Waals surface area (Å²) in [5, 5.41) is 0. The number of rotatable bonds is 5. The summed E-state index contributed by atoms with van der Waals surface area (Å²) in [7, 11) is 0. The molecule has 0 aliphatic carbocycles. The molecule has 2 N–H and O–H groups in total. The monoisotopic (exact) mass is 435 g/mol. The van der Waals surface area contributed by atoms with E-state index in [4.69, 9.17) is 5.73 Å². The molecule has 1 nitrogen and oxygen atoms in total. The van der Waals surface area contributed by atoms with Gasteiger partial charge in [0.05, 0.1) is 0 Å². The first-order chi connectivity index (χ1) is 15.4. The molecule has 0 saturated heterocycles. The van der Waals surface area contributed by atoms with Gasteiger partial charge in [0.1, 0.15) is 5.82 Å². The molecule has 1 unspecified atom stereocenters. The number of nitrogens with two attached hydrogens (primary N) is 1. The third-order valence-electron chi connectivity index (χ3n) is 5.59. The molecule has 0 spiro atoms. The Balaban J connectivity index is 1.59. The molecule has 4 rings (SSSR count). The van der Waals surface area contributed by atoms with Crippen molar-refractivity contribution in [1.29, 1.82) is 0 Å². The molecule has 0 heterocycles. The van der Waals surface area contributed by atoms with Crippen LogP contribution in [0, 0.1) is 23.3 Å². The molecule has 5 heteroatoms. The van der Waals surface area contributed by atoms with Gasteiger partial charge in [-0.05, 0) is 58.0 Å². The van der Waals surface area contributed by atoms with E-state index in [1.165, 1.54) is 12.1 Å². The van der Waals surface area contributed by atoms with Gasteiger partial charge in [0.25, 0.3) is 0 Å². The van der Waals surface area contributed by atoms with E-state index in [9.17, 15) is 17.6 Å². The van der Waals surface area contributed by atoms with E-state index in [1.54, 1.807) is 6.07 Å². The molecule has 0 aliphatic heterocycles. The molecule has 0 radical (unpaired) electrons. The molecule has 1 atom stereocenters. The summed E-state index contributed by atoms with van der Waals surface area (Å²) in [6, 6.07) is 21.7. The van der Waals surface area contributed by atoms with Gasteiger partial charge in [-0.2, -0.15) is 0 Å². The van der Waals surface area contributed by atoms with Gasteiger partial charge in [0, 0.05) is 11.6 Å². The first-order valence-electron chi connectivity index (χ1n) is 10.3. The second-order valence-corrected chi connectivity index (χ2v) is 7.66. The molecule has 0 aliphatic rings. The van der Waals surface area contributed by atoms with Crippen molar-refractivity contribution in [1.82, 2.24) is 0 Å². The molecule has 0 bridgehead atoms. The van der Waals surface area contributed by atoms with E-state index in [2.05, 4.69) is 0 Å². The molecule has 162 valence electrons. The van der Waals surface area contributed by atoms with E-state index in [-0.39, 0.29) is 17.2 Å². The van der Waals surface area contributed by atoms with Crippen LogP contribution in [0.25, 0.3) is 33.4 Å². The molecular weight excluding hydrogens is 414 g/mol. The summed E-state index contributed by atoms with van der Waals surface area (Å²) in [6.07, 6.45) is 0.869. The summed E-state index contributed by atoms with van der Waals surface area (Å²) >= 11 is 0. The average molecular weight is 435 g/mol. The molecule has 0 amide bonds. The molecule has 32 heavy (non-hydrogen) atoms. The molecule has 4 aromatic carbocycles. The highest BCUT2D eigenvalue weighted by Crippen LogP contribution is 2.31. The van der Waals surface area contributed by atoms with Crippen molar-refractivity contribution in [3.63, 3.8) is 0 Å². The lowest BCUT2D eigenvalue weighted by atomic mass is 9.96. The van der Waals surface area contributed by atoms with Crippen molar-refractivity contribution in [2.24, 2.45) is 5.73 Å². The lowest BCUT2D eigenvalue weighted by molar-refractivity contribution is 0.447. The summed E-state index contributed by atoms with van der Waals surface area (Å²) < 4.78 is 54.9. The van der Waals surface area contributed by atoms with Crippen molar-refractivity contribution >= 4 is 0 Å². The van der Waals surface area contributed by atoms with Crippen LogP contribution in [0.5, 0.6) is 0 Å². The molecule has 0 fully saturated rings. The zero-order valence-corrected chi connectivity index (χ0v) is 17.4.